The topological polar surface area (TPSA) is 38.7 Å². The van der Waals surface area contributed by atoms with Gasteiger partial charge in [-0.3, -0.25) is 4.79 Å². The minimum atomic E-state index is -0.00867. The van der Waals surface area contributed by atoms with Crippen molar-refractivity contribution in [3.8, 4) is 5.75 Å². The van der Waals surface area contributed by atoms with Crippen LogP contribution in [0, 0.1) is 0 Å². The predicted molar refractivity (Wildman–Crippen MR) is 91.5 cm³/mol. The Kier molecular flexibility index (Phi) is 5.74. The van der Waals surface area contributed by atoms with Crippen LogP contribution in [0.1, 0.15) is 18.9 Å². The average molecular weight is 372 g/mol. The van der Waals surface area contributed by atoms with E-state index in [0.717, 1.165) is 32.3 Å². The van der Waals surface area contributed by atoms with Gasteiger partial charge in [-0.25, -0.2) is 4.99 Å². The number of hydrogen-bond donors (Lipinski definition) is 0. The summed E-state index contributed by atoms with van der Waals surface area (Å²) >= 11 is 6.25. The number of thioether (sulfide) groups is 2. The molecular weight excluding hydrogens is 358 g/mol. The van der Waals surface area contributed by atoms with E-state index in [4.69, 9.17) is 4.74 Å². The largest absolute Gasteiger partial charge is 0.496 e. The Balaban J connectivity index is 2.28. The summed E-state index contributed by atoms with van der Waals surface area (Å²) in [5.74, 6) is 1.70. The van der Waals surface area contributed by atoms with Crippen LogP contribution >= 0.6 is 39.5 Å². The minimum absolute atomic E-state index is 0.00867. The highest BCUT2D eigenvalue weighted by Gasteiger charge is 2.22. The molecular formula is C14H14BrNO2S2. The molecule has 1 aliphatic heterocycles. The summed E-state index contributed by atoms with van der Waals surface area (Å²) < 4.78 is 7.07. The maximum absolute atomic E-state index is 12.0. The van der Waals surface area contributed by atoms with Crippen molar-refractivity contribution in [3.05, 3.63) is 33.9 Å². The third kappa shape index (κ3) is 3.90. The zero-order valence-corrected chi connectivity index (χ0v) is 14.4. The molecule has 0 spiro atoms. The Morgan fingerprint density at radius 2 is 2.30 bits per heavy atom. The smallest absolute Gasteiger partial charge is 0.244 e. The van der Waals surface area contributed by atoms with Gasteiger partial charge in [-0.2, -0.15) is 0 Å². The fourth-order valence-electron chi connectivity index (χ4n) is 1.61. The van der Waals surface area contributed by atoms with Crippen LogP contribution in [0.15, 0.2) is 33.4 Å². The number of rotatable bonds is 4. The lowest BCUT2D eigenvalue weighted by molar-refractivity contribution is -0.107. The standard InChI is InChI=1S/C14H14BrNO2S2/c1-3-6-19-14-16-11(13(17)20-14)8-9-7-10(15)4-5-12(9)18-2/h4-5,7-8H,3,6H2,1-2H3/b11-8+. The van der Waals surface area contributed by atoms with Gasteiger partial charge in [0, 0.05) is 10.0 Å². The second kappa shape index (κ2) is 7.33. The molecule has 6 heteroatoms. The van der Waals surface area contributed by atoms with Crippen molar-refractivity contribution < 1.29 is 9.53 Å². The Bertz CT molecular complexity index is 585. The molecule has 2 rings (SSSR count). The molecule has 1 aromatic rings. The maximum Gasteiger partial charge on any atom is 0.244 e. The van der Waals surface area contributed by atoms with Crippen LogP contribution in [0.5, 0.6) is 5.75 Å². The summed E-state index contributed by atoms with van der Waals surface area (Å²) in [6.07, 6.45) is 2.84. The number of aliphatic imine (C=N–C) groups is 1. The molecule has 0 bridgehead atoms. The molecule has 0 unspecified atom stereocenters. The normalized spacial score (nSPS) is 16.6. The second-order valence-corrected chi connectivity index (χ2v) is 7.25. The number of nitrogens with zero attached hydrogens (tertiary/aromatic N) is 1. The highest BCUT2D eigenvalue weighted by molar-refractivity contribution is 9.10. The van der Waals surface area contributed by atoms with Crippen LogP contribution in [0.2, 0.25) is 0 Å². The van der Waals surface area contributed by atoms with E-state index in [9.17, 15) is 4.79 Å². The van der Waals surface area contributed by atoms with Gasteiger partial charge in [0.25, 0.3) is 0 Å². The monoisotopic (exact) mass is 371 g/mol. The first-order valence-electron chi connectivity index (χ1n) is 6.13. The summed E-state index contributed by atoms with van der Waals surface area (Å²) in [6.45, 7) is 2.11. The van der Waals surface area contributed by atoms with Crippen molar-refractivity contribution in [1.29, 1.82) is 0 Å². The molecule has 106 valence electrons. The van der Waals surface area contributed by atoms with Crippen molar-refractivity contribution in [2.24, 2.45) is 4.99 Å². The molecule has 0 N–H and O–H groups in total. The SMILES string of the molecule is CCCSC1=N/C(=C/c2cc(Br)ccc2OC)C(=O)S1. The van der Waals surface area contributed by atoms with Crippen molar-refractivity contribution in [3.63, 3.8) is 0 Å². The number of hydrogen-bond acceptors (Lipinski definition) is 5. The average Bonchev–Trinajstić information content (AvgIpc) is 2.77. The first kappa shape index (κ1) is 15.7. The predicted octanol–water partition coefficient (Wildman–Crippen LogP) is 4.57. The number of halogens is 1. The quantitative estimate of drug-likeness (QED) is 0.726. The molecule has 0 saturated heterocycles. The lowest BCUT2D eigenvalue weighted by Crippen LogP contribution is -1.91. The van der Waals surface area contributed by atoms with E-state index in [0.29, 0.717) is 5.70 Å². The number of carbonyl (C=O) groups is 1. The first-order chi connectivity index (χ1) is 9.63. The van der Waals surface area contributed by atoms with Gasteiger partial charge in [0.1, 0.15) is 15.8 Å². The summed E-state index contributed by atoms with van der Waals surface area (Å²) in [6, 6.07) is 5.67. The molecule has 0 aromatic heterocycles. The number of carbonyl (C=O) groups excluding carboxylic acids is 1. The maximum atomic E-state index is 12.0. The molecule has 0 saturated carbocycles. The Morgan fingerprint density at radius 3 is 3.00 bits per heavy atom. The Labute approximate surface area is 135 Å². The molecule has 0 fully saturated rings. The van der Waals surface area contributed by atoms with E-state index in [1.807, 2.05) is 18.2 Å². The molecule has 0 aliphatic carbocycles. The van der Waals surface area contributed by atoms with Gasteiger partial charge in [0.2, 0.25) is 5.12 Å². The number of methoxy groups -OCH3 is 1. The fourth-order valence-corrected chi connectivity index (χ4v) is 3.75. The van der Waals surface area contributed by atoms with Gasteiger partial charge in [0.15, 0.2) is 0 Å². The molecule has 1 aromatic carbocycles. The molecule has 20 heavy (non-hydrogen) atoms. The fraction of sp³-hybridized carbons (Fsp3) is 0.286. The summed E-state index contributed by atoms with van der Waals surface area (Å²) in [5, 5.41) is -0.00867. The van der Waals surface area contributed by atoms with Crippen LogP contribution in [0.3, 0.4) is 0 Å². The Hall–Kier alpha value is -0.720. The Morgan fingerprint density at radius 1 is 1.50 bits per heavy atom. The van der Waals surface area contributed by atoms with E-state index >= 15 is 0 Å². The highest BCUT2D eigenvalue weighted by atomic mass is 79.9. The van der Waals surface area contributed by atoms with Crippen LogP contribution < -0.4 is 4.74 Å². The van der Waals surface area contributed by atoms with E-state index in [2.05, 4.69) is 27.8 Å². The van der Waals surface area contributed by atoms with Crippen LogP contribution in [-0.4, -0.2) is 22.4 Å². The third-order valence-electron chi connectivity index (χ3n) is 2.51. The van der Waals surface area contributed by atoms with Gasteiger partial charge in [0.05, 0.1) is 7.11 Å². The van der Waals surface area contributed by atoms with Gasteiger partial charge in [-0.05, 0) is 48.2 Å². The molecule has 1 heterocycles. The third-order valence-corrected chi connectivity index (χ3v) is 5.22. The van der Waals surface area contributed by atoms with Gasteiger partial charge >= 0.3 is 0 Å². The zero-order valence-electron chi connectivity index (χ0n) is 11.2. The molecule has 3 nitrogen and oxygen atoms in total. The lowest BCUT2D eigenvalue weighted by Gasteiger charge is -2.05. The summed E-state index contributed by atoms with van der Waals surface area (Å²) in [5.41, 5.74) is 1.32. The van der Waals surface area contributed by atoms with E-state index in [1.54, 1.807) is 24.9 Å². The van der Waals surface area contributed by atoms with Gasteiger partial charge in [-0.15, -0.1) is 0 Å². The molecule has 0 radical (unpaired) electrons. The van der Waals surface area contributed by atoms with E-state index < -0.39 is 0 Å². The van der Waals surface area contributed by atoms with Crippen LogP contribution in [-0.2, 0) is 4.79 Å². The van der Waals surface area contributed by atoms with Gasteiger partial charge in [-0.1, -0.05) is 34.6 Å². The van der Waals surface area contributed by atoms with Crippen LogP contribution in [0.25, 0.3) is 6.08 Å². The number of benzene rings is 1. The van der Waals surface area contributed by atoms with Crippen LogP contribution in [0.4, 0.5) is 0 Å². The van der Waals surface area contributed by atoms with Crippen molar-refractivity contribution in [2.75, 3.05) is 12.9 Å². The molecule has 1 aliphatic rings. The van der Waals surface area contributed by atoms with Gasteiger partial charge < -0.3 is 4.74 Å². The molecule has 0 amide bonds. The highest BCUT2D eigenvalue weighted by Crippen LogP contribution is 2.33. The number of ether oxygens (including phenoxy) is 1. The van der Waals surface area contributed by atoms with Crippen molar-refractivity contribution in [2.45, 2.75) is 13.3 Å². The van der Waals surface area contributed by atoms with Crippen molar-refractivity contribution >= 4 is 55.0 Å². The minimum Gasteiger partial charge on any atom is -0.496 e. The second-order valence-electron chi connectivity index (χ2n) is 4.03. The lowest BCUT2D eigenvalue weighted by atomic mass is 10.1. The van der Waals surface area contributed by atoms with Crippen molar-refractivity contribution in [1.82, 2.24) is 0 Å². The zero-order chi connectivity index (χ0) is 14.5. The molecule has 0 atom stereocenters. The first-order valence-corrected chi connectivity index (χ1v) is 8.72. The van der Waals surface area contributed by atoms with E-state index in [1.165, 1.54) is 11.8 Å². The summed E-state index contributed by atoms with van der Waals surface area (Å²) in [7, 11) is 1.61. The summed E-state index contributed by atoms with van der Waals surface area (Å²) in [4.78, 5) is 16.3. The van der Waals surface area contributed by atoms with E-state index in [-0.39, 0.29) is 5.12 Å².